The van der Waals surface area contributed by atoms with Crippen molar-refractivity contribution >= 4 is 128 Å². The number of rotatable bonds is 21. The number of carbonyl (C=O) groups excluding carboxylic acids is 5. The van der Waals surface area contributed by atoms with E-state index in [1.807, 2.05) is 45.1 Å². The molecule has 47 heteroatoms. The Kier molecular flexibility index (Phi) is 48.5. The molecule has 746 valence electrons. The number of thiol groups is 1. The fourth-order valence-electron chi connectivity index (χ4n) is 10.2. The zero-order chi connectivity index (χ0) is 106. The average Bonchev–Trinajstić information content (AvgIpc) is 1.58. The number of halogens is 12. The smallest absolute Gasteiger partial charge is 0.417 e. The van der Waals surface area contributed by atoms with Gasteiger partial charge in [-0.1, -0.05) is 44.5 Å². The van der Waals surface area contributed by atoms with Gasteiger partial charge in [0.25, 0.3) is 28.9 Å². The highest BCUT2D eigenvalue weighted by Gasteiger charge is 2.46. The van der Waals surface area contributed by atoms with Crippen molar-refractivity contribution in [2.24, 2.45) is 0 Å². The maximum atomic E-state index is 13.1. The lowest BCUT2D eigenvalue weighted by Gasteiger charge is -2.24. The molecule has 2 aliphatic rings. The van der Waals surface area contributed by atoms with E-state index >= 15 is 0 Å². The summed E-state index contributed by atoms with van der Waals surface area (Å²) in [5.74, 6) is -4.66. The van der Waals surface area contributed by atoms with Gasteiger partial charge in [0, 0.05) is 44.0 Å². The number of nitrogens with one attached hydrogen (secondary N) is 4. The van der Waals surface area contributed by atoms with Crippen molar-refractivity contribution in [2.45, 2.75) is 159 Å². The van der Waals surface area contributed by atoms with Crippen LogP contribution >= 0.6 is 36.0 Å². The number of carboxylic acids is 1. The van der Waals surface area contributed by atoms with Gasteiger partial charge in [-0.25, -0.2) is 22.6 Å². The number of aryl methyl sites for hydroxylation is 5. The Balaban J connectivity index is 0.000000547. The first-order chi connectivity index (χ1) is 63.8. The molecule has 8 aromatic rings. The van der Waals surface area contributed by atoms with Crippen LogP contribution in [0.3, 0.4) is 0 Å². The summed E-state index contributed by atoms with van der Waals surface area (Å²) in [6.07, 6.45) is -14.2. The number of aliphatic carboxylic acids is 1. The normalized spacial score (nSPS) is 16.7. The number of nitrogens with two attached hydrogens (primary N) is 1. The van der Waals surface area contributed by atoms with Crippen LogP contribution < -0.4 is 31.7 Å². The Morgan fingerprint density at radius 3 is 1.22 bits per heavy atom. The number of hydrogen-bond donors (Lipinski definition) is 13. The molecule has 8 aromatic carbocycles. The summed E-state index contributed by atoms with van der Waals surface area (Å²) in [6, 6.07) is 40.3. The molecule has 0 bridgehead atoms. The number of hydrogen-bond acceptors (Lipinski definition) is 27. The zero-order valence-electron chi connectivity index (χ0n) is 76.2. The lowest BCUT2D eigenvalue weighted by Crippen LogP contribution is -2.45. The standard InChI is InChI=1S/C21H21F3N2O3.C18H17FN2O2S.C12H9F3N2O4S.C12H11F3N2O3.C8H8N2.C6H5FS.C6H15N.C4H5ClO4S.C4H8O4/c1-12-7-13(2)18(14(3)8-12)29-11-20(4,28)19(27)26-16-6-5-15(10-25)17(9-16)21(22,23)24;1-12-9-15(6-3-13(12)10-20)21-17(22)18(2,23)11-24-16-7-4-14(19)5-8-16;1-11(6-20-22(19)21-11)10(18)17-8-3-2-7(5-16)9(4-8)12(13,14)15;1-11(20,6-18)10(19)17-8-3-2-7(5-16)9(4-8)12(13,14)15;1-6-5-7(9)3-4-8(6)10-2;7-5-1-3-6(8)4-2-5;1-4-7(5-2)6-3;1-4(3(5)6)2-8-10(7)9-4;1-4(8,2-5)3(6)7/h5-9,28H,11H2,1-4H3,(H,26,27);3-9,23H,11H2,1-2H3,(H,21,22);2-4H,6H2,1H3,(H,17,18);2-4,18,20H,6H2,1H3,(H,17,19);3-5H,9H2,1H3;1-4,8H;4-6H2,1-3H3;2H2,1H3;5,8H,2H2,1H3,(H,6,7). The number of alkyl halides is 9. The van der Waals surface area contributed by atoms with Gasteiger partial charge in [-0.05, 0) is 263 Å². The van der Waals surface area contributed by atoms with Gasteiger partial charge in [0.1, 0.15) is 42.8 Å². The van der Waals surface area contributed by atoms with E-state index in [0.29, 0.717) is 46.6 Å². The van der Waals surface area contributed by atoms with Gasteiger partial charge in [0.2, 0.25) is 0 Å². The van der Waals surface area contributed by atoms with Gasteiger partial charge in [-0.2, -0.15) is 69.0 Å². The van der Waals surface area contributed by atoms with Crippen LogP contribution in [0.4, 0.5) is 82.4 Å². The molecule has 2 saturated heterocycles. The molecule has 4 amide bonds. The molecule has 8 unspecified atom stereocenters. The molecular formula is C91H99ClF11N11O20S4. The van der Waals surface area contributed by atoms with Crippen LogP contribution in [0.15, 0.2) is 161 Å². The van der Waals surface area contributed by atoms with E-state index in [9.17, 15) is 101 Å². The summed E-state index contributed by atoms with van der Waals surface area (Å²) in [5, 5.41) is 107. The van der Waals surface area contributed by atoms with Gasteiger partial charge < -0.3 is 72.4 Å². The minimum Gasteiger partial charge on any atom is -0.489 e. The molecule has 8 atom stereocenters. The molecule has 0 aliphatic carbocycles. The second-order valence-corrected chi connectivity index (χ2v) is 34.2. The number of nitrogen functional groups attached to an aromatic ring is 1. The molecule has 0 aromatic heterocycles. The average molecular weight is 2040 g/mol. The van der Waals surface area contributed by atoms with Crippen LogP contribution in [-0.4, -0.2) is 176 Å². The molecule has 13 N–H and O–H groups in total. The Morgan fingerprint density at radius 2 is 0.906 bits per heavy atom. The number of nitriles is 4. The number of carboxylic acid groups (broad SMARTS) is 1. The fourth-order valence-corrected chi connectivity index (χ4v) is 13.0. The van der Waals surface area contributed by atoms with Crippen molar-refractivity contribution in [2.75, 3.05) is 85.4 Å². The first-order valence-corrected chi connectivity index (χ1v) is 43.8. The molecule has 0 saturated carbocycles. The zero-order valence-corrected chi connectivity index (χ0v) is 80.3. The van der Waals surface area contributed by atoms with Crippen LogP contribution in [0.1, 0.15) is 129 Å². The number of nitrogens with zero attached hydrogens (tertiary/aromatic N) is 6. The topological polar surface area (TPSA) is 501 Å². The van der Waals surface area contributed by atoms with E-state index in [2.05, 4.69) is 77.7 Å². The third-order valence-corrected chi connectivity index (χ3v) is 22.1. The van der Waals surface area contributed by atoms with Crippen LogP contribution in [0, 0.1) is 98.1 Å². The van der Waals surface area contributed by atoms with Crippen LogP contribution in [0.25, 0.3) is 4.85 Å². The van der Waals surface area contributed by atoms with E-state index in [-0.39, 0.29) is 47.7 Å². The number of aliphatic hydroxyl groups is 6. The highest BCUT2D eigenvalue weighted by Crippen LogP contribution is 2.38. The molecule has 138 heavy (non-hydrogen) atoms. The summed E-state index contributed by atoms with van der Waals surface area (Å²) in [4.78, 5) is 75.8. The maximum Gasteiger partial charge on any atom is 0.417 e. The van der Waals surface area contributed by atoms with Crippen molar-refractivity contribution in [1.29, 1.82) is 21.0 Å². The van der Waals surface area contributed by atoms with Crippen molar-refractivity contribution in [1.82, 2.24) is 4.90 Å². The van der Waals surface area contributed by atoms with Crippen LogP contribution in [-0.2, 0) is 86.8 Å². The lowest BCUT2D eigenvalue weighted by molar-refractivity contribution is -0.160. The molecule has 0 spiro atoms. The third kappa shape index (κ3) is 40.5. The second kappa shape index (κ2) is 54.9. The summed E-state index contributed by atoms with van der Waals surface area (Å²) in [7, 11) is 0. The van der Waals surface area contributed by atoms with E-state index in [1.54, 1.807) is 67.6 Å². The van der Waals surface area contributed by atoms with Gasteiger partial charge in [0.15, 0.2) is 33.7 Å². The minimum atomic E-state index is -4.75. The van der Waals surface area contributed by atoms with E-state index < -0.39 is 163 Å². The summed E-state index contributed by atoms with van der Waals surface area (Å²) < 4.78 is 186. The Labute approximate surface area is 807 Å². The van der Waals surface area contributed by atoms with Gasteiger partial charge in [0.05, 0.1) is 83.0 Å². The number of thioether (sulfide) groups is 1. The molecule has 0 radical (unpaired) electrons. The van der Waals surface area contributed by atoms with Gasteiger partial charge in [-0.3, -0.25) is 36.5 Å². The number of benzene rings is 8. The quantitative estimate of drug-likeness (QED) is 0.00793. The molecule has 2 fully saturated rings. The van der Waals surface area contributed by atoms with Crippen LogP contribution in [0.2, 0.25) is 0 Å². The minimum absolute atomic E-state index is 0.0536. The Hall–Kier alpha value is -12.1. The number of amides is 4. The van der Waals surface area contributed by atoms with Crippen molar-refractivity contribution in [3.63, 3.8) is 0 Å². The first-order valence-electron chi connectivity index (χ1n) is 40.0. The molecule has 10 rings (SSSR count). The largest absolute Gasteiger partial charge is 0.489 e. The second-order valence-electron chi connectivity index (χ2n) is 30.6. The lowest BCUT2D eigenvalue weighted by atomic mass is 10.0. The highest BCUT2D eigenvalue weighted by atomic mass is 35.5. The summed E-state index contributed by atoms with van der Waals surface area (Å²) in [6.45, 7) is 31.1. The predicted octanol–water partition coefficient (Wildman–Crippen LogP) is 15.5. The number of carbonyl (C=O) groups is 6. The van der Waals surface area contributed by atoms with Crippen molar-refractivity contribution in [3.05, 3.63) is 241 Å². The predicted molar refractivity (Wildman–Crippen MR) is 493 cm³/mol. The molecule has 2 aliphatic heterocycles. The Morgan fingerprint density at radius 1 is 0.536 bits per heavy atom. The summed E-state index contributed by atoms with van der Waals surface area (Å²) in [5.41, 5.74) is -4.01. The van der Waals surface area contributed by atoms with Crippen LogP contribution in [0.5, 0.6) is 5.75 Å². The Bertz CT molecular complexity index is 5760. The first kappa shape index (κ1) is 122. The van der Waals surface area contributed by atoms with E-state index in [1.165, 1.54) is 102 Å². The number of anilines is 5. The van der Waals surface area contributed by atoms with E-state index in [0.717, 1.165) is 87.9 Å². The van der Waals surface area contributed by atoms with Gasteiger partial charge >= 0.3 is 47.2 Å². The monoisotopic (exact) mass is 2040 g/mol. The maximum absolute atomic E-state index is 13.1. The molecule has 2 heterocycles. The summed E-state index contributed by atoms with van der Waals surface area (Å²) >= 11 is 6.44. The number of aliphatic hydroxyl groups excluding tert-OH is 2. The van der Waals surface area contributed by atoms with Crippen molar-refractivity contribution < 1.29 is 143 Å². The molecule has 31 nitrogen and oxygen atoms in total. The third-order valence-electron chi connectivity index (χ3n) is 18.5. The number of ether oxygens (including phenoxy) is 1. The SMILES string of the molecule is CC(O)(CO)C(=O)Nc1ccc(C#N)c(C(F)(F)F)c1.CC(O)(CO)C(=O)O.CC1(C(=O)Cl)COS(=O)O1.CC1(C(=O)Nc2ccc(C#N)c(C(F)(F)F)c2)COS(=O)O1.CCN(CC)CC.Cc1cc(C)c(OCC(C)(O)C(=O)Nc2ccc(C#N)c(C(F)(F)F)c2)c(C)c1.Cc1cc(NC(=O)C(C)(O)CSc2ccc(F)cc2)ccc1C#N.Fc1ccc(S)cc1.[C-]#[N+]c1ccc(N)cc1C. The van der Waals surface area contributed by atoms with Gasteiger partial charge in [-0.15, -0.1) is 24.4 Å². The highest BCUT2D eigenvalue weighted by molar-refractivity contribution is 7.99. The fraction of sp³-hybridized carbons (Fsp3) is 0.352. The molecular weight excluding hydrogens is 1940 g/mol. The van der Waals surface area contributed by atoms with E-state index in [4.69, 9.17) is 74.3 Å². The van der Waals surface area contributed by atoms with Crippen molar-refractivity contribution in [3.8, 4) is 30.0 Å².